The fraction of sp³-hybridized carbons (Fsp3) is 0.0769. The average Bonchev–Trinajstić information content (AvgIpc) is 2.85. The molecule has 0 fully saturated rings. The zero-order chi connectivity index (χ0) is 23.8. The Morgan fingerprint density at radius 3 is 2.41 bits per heavy atom. The van der Waals surface area contributed by atoms with Gasteiger partial charge >= 0.3 is 5.63 Å². The maximum absolute atomic E-state index is 13.6. The summed E-state index contributed by atoms with van der Waals surface area (Å²) in [5, 5.41) is 11.5. The van der Waals surface area contributed by atoms with Gasteiger partial charge in [0.2, 0.25) is 0 Å². The van der Waals surface area contributed by atoms with Gasteiger partial charge in [-0.25, -0.2) is 9.18 Å². The number of pyridine rings is 1. The number of rotatable bonds is 5. The number of halogens is 1. The van der Waals surface area contributed by atoms with E-state index in [0.717, 1.165) is 11.8 Å². The molecule has 0 amide bonds. The van der Waals surface area contributed by atoms with Crippen molar-refractivity contribution in [3.63, 3.8) is 0 Å². The number of aromatic nitrogens is 1. The van der Waals surface area contributed by atoms with E-state index in [0.29, 0.717) is 27.1 Å². The van der Waals surface area contributed by atoms with Crippen molar-refractivity contribution in [2.45, 2.75) is 16.3 Å². The molecule has 0 aliphatic heterocycles. The molecule has 0 aliphatic carbocycles. The van der Waals surface area contributed by atoms with E-state index in [1.165, 1.54) is 16.7 Å². The molecule has 5 aromatic rings. The Morgan fingerprint density at radius 1 is 1.00 bits per heavy atom. The van der Waals surface area contributed by atoms with Gasteiger partial charge in [-0.3, -0.25) is 4.79 Å². The standard InChI is InChI=1S/C26H18FNO5S/c1-32-17-10-12-18(13-11-17)34-24-22(29)21-23(33-26(24)31)19-4-2-3-5-20(19)28(25(21)30)14-15-6-8-16(27)9-7-15/h2-13,29H,14H2,1H3. The Morgan fingerprint density at radius 2 is 1.71 bits per heavy atom. The SMILES string of the molecule is COc1ccc(Sc2c(O)c3c(=O)n(Cc4ccc(F)cc4)c4ccccc4c3oc2=O)cc1. The molecule has 1 N–H and O–H groups in total. The van der Waals surface area contributed by atoms with Gasteiger partial charge in [-0.15, -0.1) is 0 Å². The number of hydrogen-bond acceptors (Lipinski definition) is 6. The average molecular weight is 475 g/mol. The summed E-state index contributed by atoms with van der Waals surface area (Å²) in [5.74, 6) is -0.163. The zero-order valence-corrected chi connectivity index (χ0v) is 18.8. The lowest BCUT2D eigenvalue weighted by Crippen LogP contribution is -2.22. The van der Waals surface area contributed by atoms with E-state index in [2.05, 4.69) is 0 Å². The van der Waals surface area contributed by atoms with Crippen molar-refractivity contribution < 1.29 is 18.7 Å². The fourth-order valence-corrected chi connectivity index (χ4v) is 4.65. The maximum atomic E-state index is 13.6. The minimum absolute atomic E-state index is 0.0255. The summed E-state index contributed by atoms with van der Waals surface area (Å²) in [6, 6.07) is 19.7. The van der Waals surface area contributed by atoms with E-state index in [9.17, 15) is 19.1 Å². The number of ether oxygens (including phenoxy) is 1. The van der Waals surface area contributed by atoms with E-state index in [-0.39, 0.29) is 28.2 Å². The highest BCUT2D eigenvalue weighted by Gasteiger charge is 2.22. The predicted molar refractivity (Wildman–Crippen MR) is 129 cm³/mol. The normalized spacial score (nSPS) is 11.2. The van der Waals surface area contributed by atoms with Crippen LogP contribution in [0.3, 0.4) is 0 Å². The summed E-state index contributed by atoms with van der Waals surface area (Å²) in [6.45, 7) is 0.148. The molecule has 2 aromatic heterocycles. The quantitative estimate of drug-likeness (QED) is 0.354. The van der Waals surface area contributed by atoms with Crippen LogP contribution >= 0.6 is 11.8 Å². The van der Waals surface area contributed by atoms with Gasteiger partial charge in [-0.2, -0.15) is 0 Å². The van der Waals surface area contributed by atoms with Crippen LogP contribution in [0.5, 0.6) is 11.5 Å². The topological polar surface area (TPSA) is 81.7 Å². The molecule has 3 aromatic carbocycles. The van der Waals surface area contributed by atoms with Gasteiger partial charge in [0.15, 0.2) is 11.3 Å². The smallest absolute Gasteiger partial charge is 0.354 e. The summed E-state index contributed by atoms with van der Waals surface area (Å²) in [5.41, 5.74) is 0.000175. The first kappa shape index (κ1) is 21.8. The second kappa shape index (κ2) is 8.72. The lowest BCUT2D eigenvalue weighted by Gasteiger charge is -2.14. The molecule has 0 bridgehead atoms. The molecule has 0 saturated heterocycles. The molecular formula is C26H18FNO5S. The molecule has 0 radical (unpaired) electrons. The Labute approximate surface area is 196 Å². The van der Waals surface area contributed by atoms with Gasteiger partial charge in [0.25, 0.3) is 5.56 Å². The highest BCUT2D eigenvalue weighted by molar-refractivity contribution is 7.99. The lowest BCUT2D eigenvalue weighted by molar-refractivity contribution is 0.414. The van der Waals surface area contributed by atoms with E-state index < -0.39 is 16.9 Å². The zero-order valence-electron chi connectivity index (χ0n) is 17.9. The van der Waals surface area contributed by atoms with Crippen LogP contribution in [0.4, 0.5) is 4.39 Å². The van der Waals surface area contributed by atoms with Crippen molar-refractivity contribution in [1.82, 2.24) is 4.57 Å². The van der Waals surface area contributed by atoms with E-state index in [1.807, 2.05) is 0 Å². The van der Waals surface area contributed by atoms with E-state index in [4.69, 9.17) is 9.15 Å². The van der Waals surface area contributed by atoms with Crippen LogP contribution in [0, 0.1) is 5.82 Å². The van der Waals surface area contributed by atoms with Crippen LogP contribution < -0.4 is 15.9 Å². The number of para-hydroxylation sites is 1. The predicted octanol–water partition coefficient (Wildman–Crippen LogP) is 5.16. The lowest BCUT2D eigenvalue weighted by atomic mass is 10.1. The first-order valence-corrected chi connectivity index (χ1v) is 11.2. The highest BCUT2D eigenvalue weighted by Crippen LogP contribution is 2.37. The molecule has 0 saturated carbocycles. The largest absolute Gasteiger partial charge is 0.505 e. The molecular weight excluding hydrogens is 457 g/mol. The maximum Gasteiger partial charge on any atom is 0.354 e. The van der Waals surface area contributed by atoms with Crippen LogP contribution in [0.25, 0.3) is 21.9 Å². The molecule has 5 rings (SSSR count). The third kappa shape index (κ3) is 3.82. The van der Waals surface area contributed by atoms with Crippen LogP contribution in [-0.4, -0.2) is 16.8 Å². The molecule has 34 heavy (non-hydrogen) atoms. The van der Waals surface area contributed by atoms with Crippen LogP contribution in [-0.2, 0) is 6.54 Å². The number of aromatic hydroxyl groups is 1. The Hall–Kier alpha value is -4.04. The van der Waals surface area contributed by atoms with E-state index >= 15 is 0 Å². The molecule has 6 nitrogen and oxygen atoms in total. The van der Waals surface area contributed by atoms with Crippen molar-refractivity contribution in [2.24, 2.45) is 0 Å². The number of fused-ring (bicyclic) bond motifs is 3. The summed E-state index contributed by atoms with van der Waals surface area (Å²) in [6.07, 6.45) is 0. The monoisotopic (exact) mass is 475 g/mol. The van der Waals surface area contributed by atoms with Gasteiger partial charge < -0.3 is 18.8 Å². The van der Waals surface area contributed by atoms with Crippen molar-refractivity contribution in [3.05, 3.63) is 105 Å². The number of nitrogens with zero attached hydrogens (tertiary/aromatic N) is 1. The highest BCUT2D eigenvalue weighted by atomic mass is 32.2. The van der Waals surface area contributed by atoms with Gasteiger partial charge in [0.05, 0.1) is 19.2 Å². The number of methoxy groups -OCH3 is 1. The molecule has 170 valence electrons. The van der Waals surface area contributed by atoms with Crippen LogP contribution in [0.15, 0.2) is 96.6 Å². The minimum atomic E-state index is -0.744. The first-order valence-electron chi connectivity index (χ1n) is 10.3. The molecule has 0 spiro atoms. The molecule has 0 aliphatic rings. The van der Waals surface area contributed by atoms with Gasteiger partial charge in [-0.1, -0.05) is 36.0 Å². The fourth-order valence-electron chi connectivity index (χ4n) is 3.82. The van der Waals surface area contributed by atoms with Crippen molar-refractivity contribution >= 4 is 33.6 Å². The van der Waals surface area contributed by atoms with Crippen molar-refractivity contribution in [2.75, 3.05) is 7.11 Å². The summed E-state index contributed by atoms with van der Waals surface area (Å²) < 4.78 is 25.6. The molecule has 8 heteroatoms. The first-order chi connectivity index (χ1) is 16.5. The Balaban J connectivity index is 1.73. The summed E-state index contributed by atoms with van der Waals surface area (Å²) in [4.78, 5) is 27.0. The summed E-state index contributed by atoms with van der Waals surface area (Å²) >= 11 is 0.999. The second-order valence-corrected chi connectivity index (χ2v) is 8.67. The van der Waals surface area contributed by atoms with Crippen molar-refractivity contribution in [3.8, 4) is 11.5 Å². The number of hydrogen-bond donors (Lipinski definition) is 1. The van der Waals surface area contributed by atoms with Crippen LogP contribution in [0.1, 0.15) is 5.56 Å². The molecule has 0 unspecified atom stereocenters. The van der Waals surface area contributed by atoms with Gasteiger partial charge in [0, 0.05) is 10.3 Å². The third-order valence-corrected chi connectivity index (χ3v) is 6.56. The van der Waals surface area contributed by atoms with Crippen LogP contribution in [0.2, 0.25) is 0 Å². The summed E-state index contributed by atoms with van der Waals surface area (Å²) in [7, 11) is 1.55. The molecule has 0 atom stereocenters. The third-order valence-electron chi connectivity index (χ3n) is 5.49. The molecule has 2 heterocycles. The van der Waals surface area contributed by atoms with Gasteiger partial charge in [0.1, 0.15) is 21.8 Å². The van der Waals surface area contributed by atoms with E-state index in [1.54, 1.807) is 67.8 Å². The Kier molecular flexibility index (Phi) is 5.59. The number of benzene rings is 3. The minimum Gasteiger partial charge on any atom is -0.505 e. The Bertz CT molecular complexity index is 1640. The van der Waals surface area contributed by atoms with Gasteiger partial charge in [-0.05, 0) is 54.1 Å². The van der Waals surface area contributed by atoms with Crippen molar-refractivity contribution in [1.29, 1.82) is 0 Å². The second-order valence-electron chi connectivity index (χ2n) is 7.58.